The van der Waals surface area contributed by atoms with E-state index < -0.39 is 5.97 Å². The first-order valence-corrected chi connectivity index (χ1v) is 3.96. The van der Waals surface area contributed by atoms with Crippen molar-refractivity contribution in [1.29, 1.82) is 0 Å². The van der Waals surface area contributed by atoms with E-state index in [1.807, 2.05) is 13.8 Å². The highest BCUT2D eigenvalue weighted by molar-refractivity contribution is 5.84. The normalized spacial score (nSPS) is 13.2. The first-order chi connectivity index (χ1) is 6.02. The van der Waals surface area contributed by atoms with Gasteiger partial charge in [-0.3, -0.25) is 0 Å². The van der Waals surface area contributed by atoms with E-state index in [1.165, 1.54) is 0 Å². The fraction of sp³-hybridized carbons (Fsp3) is 0.500. The molecular formula is C8H12N2O3. The van der Waals surface area contributed by atoms with E-state index in [9.17, 15) is 4.79 Å². The molecule has 1 aromatic heterocycles. The first-order valence-electron chi connectivity index (χ1n) is 3.96. The summed E-state index contributed by atoms with van der Waals surface area (Å²) < 4.78 is 4.93. The molecule has 0 saturated heterocycles. The van der Waals surface area contributed by atoms with Gasteiger partial charge in [0.15, 0.2) is 5.69 Å². The summed E-state index contributed by atoms with van der Waals surface area (Å²) in [5.41, 5.74) is 5.60. The maximum atomic E-state index is 10.4. The second-order valence-electron chi connectivity index (χ2n) is 3.15. The van der Waals surface area contributed by atoms with Gasteiger partial charge < -0.3 is 15.3 Å². The maximum absolute atomic E-state index is 10.4. The van der Waals surface area contributed by atoms with E-state index >= 15 is 0 Å². The van der Waals surface area contributed by atoms with Crippen LogP contribution in [-0.2, 0) is 0 Å². The molecule has 0 aliphatic heterocycles. The Labute approximate surface area is 75.6 Å². The Morgan fingerprint density at radius 2 is 2.31 bits per heavy atom. The van der Waals surface area contributed by atoms with Crippen LogP contribution >= 0.6 is 0 Å². The summed E-state index contributed by atoms with van der Waals surface area (Å²) in [6, 6.07) is -0.354. The number of aromatic carboxylic acids is 1. The minimum absolute atomic E-state index is 0.105. The van der Waals surface area contributed by atoms with E-state index in [0.29, 0.717) is 0 Å². The topological polar surface area (TPSA) is 89.3 Å². The Kier molecular flexibility index (Phi) is 2.67. The summed E-state index contributed by atoms with van der Waals surface area (Å²) in [6.45, 7) is 3.82. The molecule has 0 spiro atoms. The van der Waals surface area contributed by atoms with Crippen LogP contribution in [0.4, 0.5) is 0 Å². The zero-order valence-electron chi connectivity index (χ0n) is 7.52. The summed E-state index contributed by atoms with van der Waals surface area (Å²) in [4.78, 5) is 14.2. The summed E-state index contributed by atoms with van der Waals surface area (Å²) in [5, 5.41) is 8.56. The molecule has 0 amide bonds. The smallest absolute Gasteiger partial charge is 0.357 e. The molecule has 0 bridgehead atoms. The van der Waals surface area contributed by atoms with Crippen molar-refractivity contribution >= 4 is 5.97 Å². The maximum Gasteiger partial charge on any atom is 0.357 e. The van der Waals surface area contributed by atoms with Gasteiger partial charge in [0.05, 0.1) is 6.04 Å². The number of nitrogens with two attached hydrogens (primary N) is 1. The third-order valence-electron chi connectivity index (χ3n) is 1.74. The zero-order valence-corrected chi connectivity index (χ0v) is 7.52. The van der Waals surface area contributed by atoms with Crippen LogP contribution in [-0.4, -0.2) is 16.1 Å². The number of oxazole rings is 1. The van der Waals surface area contributed by atoms with Crippen molar-refractivity contribution in [3.8, 4) is 0 Å². The van der Waals surface area contributed by atoms with E-state index in [4.69, 9.17) is 15.3 Å². The van der Waals surface area contributed by atoms with Gasteiger partial charge in [-0.1, -0.05) is 13.8 Å². The number of nitrogens with zero attached hydrogens (tertiary/aromatic N) is 1. The van der Waals surface area contributed by atoms with Gasteiger partial charge in [0.25, 0.3) is 0 Å². The lowest BCUT2D eigenvalue weighted by atomic mass is 10.1. The second-order valence-corrected chi connectivity index (χ2v) is 3.15. The molecule has 0 aliphatic rings. The molecule has 0 fully saturated rings. The minimum atomic E-state index is -1.11. The molecule has 1 rings (SSSR count). The number of carboxylic acid groups (broad SMARTS) is 1. The Morgan fingerprint density at radius 3 is 2.69 bits per heavy atom. The van der Waals surface area contributed by atoms with Crippen molar-refractivity contribution in [2.24, 2.45) is 11.7 Å². The van der Waals surface area contributed by atoms with Gasteiger partial charge in [0.2, 0.25) is 5.89 Å². The molecule has 1 unspecified atom stereocenters. The Balaban J connectivity index is 2.85. The molecule has 1 atom stereocenters. The third kappa shape index (κ3) is 2.06. The van der Waals surface area contributed by atoms with E-state index in [0.717, 1.165) is 6.26 Å². The van der Waals surface area contributed by atoms with Crippen molar-refractivity contribution in [2.45, 2.75) is 19.9 Å². The van der Waals surface area contributed by atoms with Crippen LogP contribution in [0, 0.1) is 5.92 Å². The van der Waals surface area contributed by atoms with Crippen LogP contribution in [0.15, 0.2) is 10.7 Å². The molecule has 1 aromatic rings. The quantitative estimate of drug-likeness (QED) is 0.732. The standard InChI is InChI=1S/C8H12N2O3/c1-4(2)6(9)7-10-5(3-13-7)8(11)12/h3-4,6H,9H2,1-2H3,(H,11,12). The van der Waals surface area contributed by atoms with E-state index in [-0.39, 0.29) is 23.5 Å². The van der Waals surface area contributed by atoms with Crippen molar-refractivity contribution in [1.82, 2.24) is 4.98 Å². The van der Waals surface area contributed by atoms with Crippen LogP contribution < -0.4 is 5.73 Å². The van der Waals surface area contributed by atoms with Crippen LogP contribution in [0.5, 0.6) is 0 Å². The monoisotopic (exact) mass is 184 g/mol. The van der Waals surface area contributed by atoms with E-state index in [1.54, 1.807) is 0 Å². The van der Waals surface area contributed by atoms with Gasteiger partial charge in [-0.15, -0.1) is 0 Å². The fourth-order valence-corrected chi connectivity index (χ4v) is 0.824. The Morgan fingerprint density at radius 1 is 1.69 bits per heavy atom. The summed E-state index contributed by atoms with van der Waals surface area (Å²) in [7, 11) is 0. The highest BCUT2D eigenvalue weighted by Gasteiger charge is 2.18. The number of carboxylic acids is 1. The van der Waals surface area contributed by atoms with Crippen LogP contribution in [0.2, 0.25) is 0 Å². The van der Waals surface area contributed by atoms with Crippen molar-refractivity contribution in [3.05, 3.63) is 17.8 Å². The number of carbonyl (C=O) groups is 1. The lowest BCUT2D eigenvalue weighted by Gasteiger charge is -2.09. The molecule has 5 nitrogen and oxygen atoms in total. The van der Waals surface area contributed by atoms with Crippen LogP contribution in [0.25, 0.3) is 0 Å². The average molecular weight is 184 g/mol. The molecule has 5 heteroatoms. The van der Waals surface area contributed by atoms with Gasteiger partial charge >= 0.3 is 5.97 Å². The van der Waals surface area contributed by atoms with Crippen LogP contribution in [0.3, 0.4) is 0 Å². The SMILES string of the molecule is CC(C)C(N)c1nc(C(=O)O)co1. The predicted molar refractivity (Wildman–Crippen MR) is 45.2 cm³/mol. The van der Waals surface area contributed by atoms with Crippen molar-refractivity contribution < 1.29 is 14.3 Å². The number of hydrogen-bond donors (Lipinski definition) is 2. The molecule has 1 heterocycles. The molecule has 72 valence electrons. The molecule has 0 saturated carbocycles. The highest BCUT2D eigenvalue weighted by atomic mass is 16.4. The first kappa shape index (κ1) is 9.73. The molecular weight excluding hydrogens is 172 g/mol. The summed E-state index contributed by atoms with van der Waals surface area (Å²) in [5.74, 6) is -0.668. The fourth-order valence-electron chi connectivity index (χ4n) is 0.824. The van der Waals surface area contributed by atoms with E-state index in [2.05, 4.69) is 4.98 Å². The zero-order chi connectivity index (χ0) is 10.0. The van der Waals surface area contributed by atoms with Gasteiger partial charge in [0, 0.05) is 0 Å². The van der Waals surface area contributed by atoms with Gasteiger partial charge in [-0.25, -0.2) is 9.78 Å². The minimum Gasteiger partial charge on any atom is -0.476 e. The van der Waals surface area contributed by atoms with Crippen molar-refractivity contribution in [2.75, 3.05) is 0 Å². The molecule has 0 aromatic carbocycles. The van der Waals surface area contributed by atoms with Crippen LogP contribution in [0.1, 0.15) is 36.3 Å². The molecule has 0 aliphatic carbocycles. The Hall–Kier alpha value is -1.36. The number of rotatable bonds is 3. The molecule has 13 heavy (non-hydrogen) atoms. The lowest BCUT2D eigenvalue weighted by molar-refractivity contribution is 0.0690. The lowest BCUT2D eigenvalue weighted by Crippen LogP contribution is -2.17. The average Bonchev–Trinajstić information content (AvgIpc) is 2.50. The number of aromatic nitrogens is 1. The van der Waals surface area contributed by atoms with Gasteiger partial charge in [-0.2, -0.15) is 0 Å². The molecule has 0 radical (unpaired) electrons. The third-order valence-corrected chi connectivity index (χ3v) is 1.74. The molecule has 3 N–H and O–H groups in total. The Bertz CT molecular complexity index is 306. The van der Waals surface area contributed by atoms with Gasteiger partial charge in [0.1, 0.15) is 6.26 Å². The largest absolute Gasteiger partial charge is 0.476 e. The number of hydrogen-bond acceptors (Lipinski definition) is 4. The summed E-state index contributed by atoms with van der Waals surface area (Å²) >= 11 is 0. The van der Waals surface area contributed by atoms with Crippen molar-refractivity contribution in [3.63, 3.8) is 0 Å². The summed E-state index contributed by atoms with van der Waals surface area (Å²) in [6.07, 6.45) is 1.10. The van der Waals surface area contributed by atoms with Gasteiger partial charge in [-0.05, 0) is 5.92 Å². The predicted octanol–water partition coefficient (Wildman–Crippen LogP) is 1.03. The second kappa shape index (κ2) is 3.57. The highest BCUT2D eigenvalue weighted by Crippen LogP contribution is 2.17.